The molecule has 0 radical (unpaired) electrons. The summed E-state index contributed by atoms with van der Waals surface area (Å²) in [6.45, 7) is 4.43. The minimum Gasteiger partial charge on any atom is -0.461 e. The minimum atomic E-state index is -0.0349. The van der Waals surface area contributed by atoms with Crippen LogP contribution in [0, 0.1) is 0 Å². The highest BCUT2D eigenvalue weighted by Gasteiger charge is 2.13. The number of nitrogens with one attached hydrogen (secondary N) is 1. The first kappa shape index (κ1) is 15.7. The molecule has 2 aromatic heterocycles. The van der Waals surface area contributed by atoms with Gasteiger partial charge in [0.1, 0.15) is 0 Å². The lowest BCUT2D eigenvalue weighted by Crippen LogP contribution is -2.22. The van der Waals surface area contributed by atoms with Gasteiger partial charge in [0, 0.05) is 11.9 Å². The molecule has 2 rings (SSSR count). The van der Waals surface area contributed by atoms with Gasteiger partial charge in [-0.3, -0.25) is 5.43 Å². The Kier molecular flexibility index (Phi) is 5.16. The quantitative estimate of drug-likeness (QED) is 0.621. The molecule has 0 aliphatic rings. The molecule has 0 saturated carbocycles. The van der Waals surface area contributed by atoms with Gasteiger partial charge in [-0.25, -0.2) is 5.84 Å². The van der Waals surface area contributed by atoms with Crippen molar-refractivity contribution in [2.75, 3.05) is 17.4 Å². The van der Waals surface area contributed by atoms with Crippen molar-refractivity contribution in [3.63, 3.8) is 0 Å². The summed E-state index contributed by atoms with van der Waals surface area (Å²) < 4.78 is 6.25. The van der Waals surface area contributed by atoms with Crippen LogP contribution in [0.2, 0.25) is 4.34 Å². The molecule has 0 aromatic carbocycles. The third-order valence-corrected chi connectivity index (χ3v) is 3.65. The van der Waals surface area contributed by atoms with E-state index >= 15 is 0 Å². The van der Waals surface area contributed by atoms with Crippen LogP contribution in [-0.4, -0.2) is 28.1 Å². The lowest BCUT2D eigenvalue weighted by Gasteiger charge is -2.17. The number of halogens is 1. The highest BCUT2D eigenvalue weighted by Crippen LogP contribution is 2.24. The van der Waals surface area contributed by atoms with Gasteiger partial charge in [0.05, 0.1) is 17.0 Å². The standard InChI is InChI=1S/C12H17ClN6OS/c1-7(2)20-12-16-10(18-14)15-11(17-12)19(3)6-8-4-5-9(13)21-8/h4-5,7H,6,14H2,1-3H3,(H,15,16,17,18). The van der Waals surface area contributed by atoms with E-state index in [0.717, 1.165) is 9.21 Å². The molecule has 3 N–H and O–H groups in total. The second kappa shape index (κ2) is 6.88. The first-order valence-electron chi connectivity index (χ1n) is 6.32. The predicted octanol–water partition coefficient (Wildman–Crippen LogP) is 2.30. The van der Waals surface area contributed by atoms with E-state index in [1.807, 2.05) is 37.9 Å². The van der Waals surface area contributed by atoms with E-state index in [2.05, 4.69) is 20.4 Å². The lowest BCUT2D eigenvalue weighted by molar-refractivity contribution is 0.222. The number of ether oxygens (including phenoxy) is 1. The first-order valence-corrected chi connectivity index (χ1v) is 7.52. The zero-order chi connectivity index (χ0) is 15.4. The summed E-state index contributed by atoms with van der Waals surface area (Å²) in [5.74, 6) is 6.11. The summed E-state index contributed by atoms with van der Waals surface area (Å²) in [6, 6.07) is 4.07. The molecule has 0 aliphatic carbocycles. The van der Waals surface area contributed by atoms with E-state index in [0.29, 0.717) is 12.5 Å². The Labute approximate surface area is 132 Å². The van der Waals surface area contributed by atoms with Gasteiger partial charge in [0.2, 0.25) is 11.9 Å². The van der Waals surface area contributed by atoms with Crippen LogP contribution in [0.1, 0.15) is 18.7 Å². The Hall–Kier alpha value is -1.64. The van der Waals surface area contributed by atoms with Crippen molar-refractivity contribution < 1.29 is 4.74 Å². The maximum Gasteiger partial charge on any atom is 0.323 e. The van der Waals surface area contributed by atoms with Gasteiger partial charge >= 0.3 is 6.01 Å². The zero-order valence-corrected chi connectivity index (χ0v) is 13.6. The van der Waals surface area contributed by atoms with Crippen molar-refractivity contribution in [2.45, 2.75) is 26.5 Å². The van der Waals surface area contributed by atoms with Crippen LogP contribution in [-0.2, 0) is 6.54 Å². The van der Waals surface area contributed by atoms with Crippen LogP contribution in [0.25, 0.3) is 0 Å². The monoisotopic (exact) mass is 328 g/mol. The van der Waals surface area contributed by atoms with E-state index in [4.69, 9.17) is 22.2 Å². The SMILES string of the molecule is CC(C)Oc1nc(NN)nc(N(C)Cc2ccc(Cl)s2)n1. The molecule has 0 bridgehead atoms. The third-order valence-electron chi connectivity index (χ3n) is 2.44. The first-order chi connectivity index (χ1) is 9.97. The van der Waals surface area contributed by atoms with Crippen molar-refractivity contribution in [3.05, 3.63) is 21.3 Å². The van der Waals surface area contributed by atoms with Gasteiger partial charge in [-0.1, -0.05) is 11.6 Å². The van der Waals surface area contributed by atoms with Crippen molar-refractivity contribution in [2.24, 2.45) is 5.84 Å². The van der Waals surface area contributed by atoms with Crippen LogP contribution >= 0.6 is 22.9 Å². The van der Waals surface area contributed by atoms with E-state index in [-0.39, 0.29) is 18.1 Å². The molecule has 0 unspecified atom stereocenters. The van der Waals surface area contributed by atoms with Crippen LogP contribution < -0.4 is 20.9 Å². The van der Waals surface area contributed by atoms with Gasteiger partial charge < -0.3 is 9.64 Å². The molecule has 114 valence electrons. The van der Waals surface area contributed by atoms with Crippen molar-refractivity contribution in [3.8, 4) is 6.01 Å². The van der Waals surface area contributed by atoms with Crippen LogP contribution in [0.5, 0.6) is 6.01 Å². The van der Waals surface area contributed by atoms with Crippen LogP contribution in [0.3, 0.4) is 0 Å². The predicted molar refractivity (Wildman–Crippen MR) is 84.8 cm³/mol. The van der Waals surface area contributed by atoms with Crippen molar-refractivity contribution in [1.29, 1.82) is 0 Å². The Morgan fingerprint density at radius 1 is 1.38 bits per heavy atom. The van der Waals surface area contributed by atoms with Crippen molar-refractivity contribution >= 4 is 34.8 Å². The Balaban J connectivity index is 2.20. The number of hydrogen-bond acceptors (Lipinski definition) is 8. The maximum atomic E-state index is 5.93. The zero-order valence-electron chi connectivity index (χ0n) is 12.0. The third kappa shape index (κ3) is 4.42. The Bertz CT molecular complexity index is 605. The second-order valence-corrected chi connectivity index (χ2v) is 6.41. The summed E-state index contributed by atoms with van der Waals surface area (Å²) in [7, 11) is 1.88. The molecule has 0 spiro atoms. The highest BCUT2D eigenvalue weighted by atomic mass is 35.5. The highest BCUT2D eigenvalue weighted by molar-refractivity contribution is 7.16. The number of anilines is 2. The minimum absolute atomic E-state index is 0.0349. The lowest BCUT2D eigenvalue weighted by atomic mass is 10.4. The number of hydrogen-bond donors (Lipinski definition) is 2. The normalized spacial score (nSPS) is 10.8. The number of nitrogens with zero attached hydrogens (tertiary/aromatic N) is 4. The number of nitrogen functional groups attached to an aromatic ring is 1. The molecule has 0 atom stereocenters. The molecule has 21 heavy (non-hydrogen) atoms. The number of hydrazine groups is 1. The molecule has 0 saturated heterocycles. The van der Waals surface area contributed by atoms with Gasteiger partial charge in [0.25, 0.3) is 0 Å². The largest absolute Gasteiger partial charge is 0.461 e. The average molecular weight is 329 g/mol. The van der Waals surface area contributed by atoms with Gasteiger partial charge in [-0.2, -0.15) is 15.0 Å². The Morgan fingerprint density at radius 2 is 2.14 bits per heavy atom. The average Bonchev–Trinajstić information content (AvgIpc) is 2.82. The molecule has 7 nitrogen and oxygen atoms in total. The second-order valence-electron chi connectivity index (χ2n) is 4.61. The number of aromatic nitrogens is 3. The summed E-state index contributed by atoms with van der Waals surface area (Å²) in [5.41, 5.74) is 2.42. The molecule has 0 amide bonds. The van der Waals surface area contributed by atoms with Gasteiger partial charge in [-0.15, -0.1) is 11.3 Å². The molecule has 0 fully saturated rings. The van der Waals surface area contributed by atoms with E-state index in [1.165, 1.54) is 11.3 Å². The Morgan fingerprint density at radius 3 is 2.71 bits per heavy atom. The fourth-order valence-electron chi connectivity index (χ4n) is 1.59. The summed E-state index contributed by atoms with van der Waals surface area (Å²) >= 11 is 7.45. The number of nitrogens with two attached hydrogens (primary N) is 1. The van der Waals surface area contributed by atoms with Gasteiger partial charge in [0.15, 0.2) is 0 Å². The van der Waals surface area contributed by atoms with E-state index < -0.39 is 0 Å². The molecular formula is C12H17ClN6OS. The van der Waals surface area contributed by atoms with Crippen LogP contribution in [0.15, 0.2) is 12.1 Å². The smallest absolute Gasteiger partial charge is 0.323 e. The summed E-state index contributed by atoms with van der Waals surface area (Å²) in [5, 5.41) is 0. The summed E-state index contributed by atoms with van der Waals surface area (Å²) in [6.07, 6.45) is -0.0349. The van der Waals surface area contributed by atoms with Crippen molar-refractivity contribution in [1.82, 2.24) is 15.0 Å². The van der Waals surface area contributed by atoms with E-state index in [1.54, 1.807) is 0 Å². The number of rotatable bonds is 6. The van der Waals surface area contributed by atoms with Crippen LogP contribution in [0.4, 0.5) is 11.9 Å². The fraction of sp³-hybridized carbons (Fsp3) is 0.417. The topological polar surface area (TPSA) is 89.2 Å². The maximum absolute atomic E-state index is 5.93. The molecule has 9 heteroatoms. The number of thiophene rings is 1. The fourth-order valence-corrected chi connectivity index (χ4v) is 2.73. The molecule has 0 aliphatic heterocycles. The molecule has 2 aromatic rings. The molecular weight excluding hydrogens is 312 g/mol. The van der Waals surface area contributed by atoms with E-state index in [9.17, 15) is 0 Å². The van der Waals surface area contributed by atoms with Gasteiger partial charge in [-0.05, 0) is 26.0 Å². The molecule has 2 heterocycles. The summed E-state index contributed by atoms with van der Waals surface area (Å²) in [4.78, 5) is 15.5.